The average molecular weight is 221 g/mol. The molecule has 16 heavy (non-hydrogen) atoms. The van der Waals surface area contributed by atoms with Crippen LogP contribution in [0.5, 0.6) is 0 Å². The molecule has 0 saturated carbocycles. The first-order valence-corrected chi connectivity index (χ1v) is 5.81. The Hall–Kier alpha value is -1.32. The van der Waals surface area contributed by atoms with Gasteiger partial charge in [0, 0.05) is 43.7 Å². The monoisotopic (exact) mass is 221 g/mol. The van der Waals surface area contributed by atoms with Crippen LogP contribution in [0.2, 0.25) is 0 Å². The summed E-state index contributed by atoms with van der Waals surface area (Å²) in [5, 5.41) is 4.41. The molecule has 0 saturated heterocycles. The van der Waals surface area contributed by atoms with E-state index in [1.54, 1.807) is 0 Å². The highest BCUT2D eigenvalue weighted by Gasteiger charge is 2.26. The molecule has 4 heteroatoms. The van der Waals surface area contributed by atoms with Crippen molar-refractivity contribution >= 4 is 5.91 Å². The third-order valence-corrected chi connectivity index (χ3v) is 3.25. The molecular weight excluding hydrogens is 202 g/mol. The Morgan fingerprint density at radius 1 is 1.44 bits per heavy atom. The number of amides is 1. The lowest BCUT2D eigenvalue weighted by molar-refractivity contribution is -0.135. The second kappa shape index (κ2) is 3.92. The van der Waals surface area contributed by atoms with Crippen LogP contribution in [0, 0.1) is 12.8 Å². The van der Waals surface area contributed by atoms with E-state index in [2.05, 4.69) is 5.10 Å². The molecule has 1 aromatic rings. The number of carbonyl (C=O) groups is 1. The SMILES string of the molecule is Cc1nn(C)c2c1CN(C(=O)C(C)C)CC2. The number of carbonyl (C=O) groups excluding carboxylic acids is 1. The number of rotatable bonds is 1. The molecule has 1 aliphatic rings. The number of hydrogen-bond acceptors (Lipinski definition) is 2. The fraction of sp³-hybridized carbons (Fsp3) is 0.667. The molecule has 0 aromatic carbocycles. The van der Waals surface area contributed by atoms with Crippen molar-refractivity contribution in [3.63, 3.8) is 0 Å². The lowest BCUT2D eigenvalue weighted by Crippen LogP contribution is -2.38. The highest BCUT2D eigenvalue weighted by atomic mass is 16.2. The summed E-state index contributed by atoms with van der Waals surface area (Å²) in [6.07, 6.45) is 0.922. The first-order valence-electron chi connectivity index (χ1n) is 5.81. The summed E-state index contributed by atoms with van der Waals surface area (Å²) >= 11 is 0. The maximum absolute atomic E-state index is 11.9. The fourth-order valence-electron chi connectivity index (χ4n) is 2.33. The molecule has 1 amide bonds. The van der Waals surface area contributed by atoms with Gasteiger partial charge in [-0.05, 0) is 6.92 Å². The van der Waals surface area contributed by atoms with E-state index in [1.165, 1.54) is 11.3 Å². The molecule has 88 valence electrons. The zero-order chi connectivity index (χ0) is 11.9. The van der Waals surface area contributed by atoms with E-state index in [-0.39, 0.29) is 11.8 Å². The molecule has 0 spiro atoms. The van der Waals surface area contributed by atoms with Crippen molar-refractivity contribution in [2.24, 2.45) is 13.0 Å². The zero-order valence-corrected chi connectivity index (χ0v) is 10.4. The van der Waals surface area contributed by atoms with Gasteiger partial charge < -0.3 is 4.90 Å². The molecule has 0 aliphatic carbocycles. The average Bonchev–Trinajstić information content (AvgIpc) is 2.53. The molecule has 0 fully saturated rings. The van der Waals surface area contributed by atoms with Gasteiger partial charge in [-0.1, -0.05) is 13.8 Å². The standard InChI is InChI=1S/C12H19N3O/c1-8(2)12(16)15-6-5-11-10(7-15)9(3)13-14(11)4/h8H,5-7H2,1-4H3. The number of aromatic nitrogens is 2. The minimum Gasteiger partial charge on any atom is -0.338 e. The maximum atomic E-state index is 11.9. The van der Waals surface area contributed by atoms with E-state index in [0.717, 1.165) is 25.2 Å². The summed E-state index contributed by atoms with van der Waals surface area (Å²) in [7, 11) is 1.98. The van der Waals surface area contributed by atoms with Crippen molar-refractivity contribution in [1.29, 1.82) is 0 Å². The van der Waals surface area contributed by atoms with Gasteiger partial charge in [0.05, 0.1) is 5.69 Å². The van der Waals surface area contributed by atoms with Gasteiger partial charge in [-0.15, -0.1) is 0 Å². The first kappa shape index (κ1) is 11.2. The van der Waals surface area contributed by atoms with Gasteiger partial charge in [0.2, 0.25) is 5.91 Å². The third-order valence-electron chi connectivity index (χ3n) is 3.25. The third kappa shape index (κ3) is 1.72. The van der Waals surface area contributed by atoms with Crippen molar-refractivity contribution < 1.29 is 4.79 Å². The number of aryl methyl sites for hydroxylation is 2. The quantitative estimate of drug-likeness (QED) is 0.716. The van der Waals surface area contributed by atoms with Gasteiger partial charge in [-0.2, -0.15) is 5.10 Å². The van der Waals surface area contributed by atoms with Gasteiger partial charge in [-0.3, -0.25) is 9.48 Å². The summed E-state index contributed by atoms with van der Waals surface area (Å²) in [6, 6.07) is 0. The summed E-state index contributed by atoms with van der Waals surface area (Å²) in [6.45, 7) is 7.47. The summed E-state index contributed by atoms with van der Waals surface area (Å²) in [4.78, 5) is 13.9. The number of fused-ring (bicyclic) bond motifs is 1. The zero-order valence-electron chi connectivity index (χ0n) is 10.4. The minimum absolute atomic E-state index is 0.0820. The Kier molecular flexibility index (Phi) is 2.74. The van der Waals surface area contributed by atoms with Gasteiger partial charge >= 0.3 is 0 Å². The summed E-state index contributed by atoms with van der Waals surface area (Å²) < 4.78 is 1.95. The second-order valence-corrected chi connectivity index (χ2v) is 4.80. The van der Waals surface area contributed by atoms with Gasteiger partial charge in [0.25, 0.3) is 0 Å². The van der Waals surface area contributed by atoms with Crippen LogP contribution in [0.25, 0.3) is 0 Å². The van der Waals surface area contributed by atoms with Crippen molar-refractivity contribution in [3.05, 3.63) is 17.0 Å². The molecule has 4 nitrogen and oxygen atoms in total. The molecule has 2 rings (SSSR count). The Morgan fingerprint density at radius 2 is 2.12 bits per heavy atom. The molecule has 1 aliphatic heterocycles. The van der Waals surface area contributed by atoms with Gasteiger partial charge in [-0.25, -0.2) is 0 Å². The smallest absolute Gasteiger partial charge is 0.225 e. The Balaban J connectivity index is 2.24. The normalized spacial score (nSPS) is 15.4. The number of hydrogen-bond donors (Lipinski definition) is 0. The van der Waals surface area contributed by atoms with Crippen molar-refractivity contribution in [3.8, 4) is 0 Å². The van der Waals surface area contributed by atoms with Crippen LogP contribution in [0.4, 0.5) is 0 Å². The lowest BCUT2D eigenvalue weighted by Gasteiger charge is -2.29. The van der Waals surface area contributed by atoms with Crippen LogP contribution < -0.4 is 0 Å². The molecule has 2 heterocycles. The first-order chi connectivity index (χ1) is 7.50. The molecule has 0 atom stereocenters. The van der Waals surface area contributed by atoms with Crippen LogP contribution in [0.3, 0.4) is 0 Å². The fourth-order valence-corrected chi connectivity index (χ4v) is 2.33. The lowest BCUT2D eigenvalue weighted by atomic mass is 10.0. The van der Waals surface area contributed by atoms with Crippen molar-refractivity contribution in [1.82, 2.24) is 14.7 Å². The molecule has 0 radical (unpaired) electrons. The summed E-state index contributed by atoms with van der Waals surface area (Å²) in [5.41, 5.74) is 3.58. The van der Waals surface area contributed by atoms with E-state index in [0.29, 0.717) is 0 Å². The van der Waals surface area contributed by atoms with Crippen LogP contribution in [0.15, 0.2) is 0 Å². The van der Waals surface area contributed by atoms with Crippen LogP contribution in [-0.2, 0) is 24.8 Å². The van der Waals surface area contributed by atoms with Crippen LogP contribution >= 0.6 is 0 Å². The molecule has 0 unspecified atom stereocenters. The second-order valence-electron chi connectivity index (χ2n) is 4.80. The van der Waals surface area contributed by atoms with Crippen molar-refractivity contribution in [2.45, 2.75) is 33.7 Å². The van der Waals surface area contributed by atoms with E-state index in [4.69, 9.17) is 0 Å². The largest absolute Gasteiger partial charge is 0.338 e. The molecule has 0 N–H and O–H groups in total. The van der Waals surface area contributed by atoms with Crippen molar-refractivity contribution in [2.75, 3.05) is 6.54 Å². The predicted octanol–water partition coefficient (Wildman–Crippen LogP) is 1.27. The molecule has 0 bridgehead atoms. The number of nitrogens with zero attached hydrogens (tertiary/aromatic N) is 3. The topological polar surface area (TPSA) is 38.1 Å². The summed E-state index contributed by atoms with van der Waals surface area (Å²) in [5.74, 6) is 0.326. The highest BCUT2D eigenvalue weighted by Crippen LogP contribution is 2.22. The van der Waals surface area contributed by atoms with E-state index in [9.17, 15) is 4.79 Å². The van der Waals surface area contributed by atoms with Crippen LogP contribution in [0.1, 0.15) is 30.8 Å². The van der Waals surface area contributed by atoms with Gasteiger partial charge in [0.1, 0.15) is 0 Å². The Morgan fingerprint density at radius 3 is 2.75 bits per heavy atom. The highest BCUT2D eigenvalue weighted by molar-refractivity contribution is 5.78. The van der Waals surface area contributed by atoms with E-state index in [1.807, 2.05) is 37.4 Å². The minimum atomic E-state index is 0.0820. The predicted molar refractivity (Wildman–Crippen MR) is 61.9 cm³/mol. The van der Waals surface area contributed by atoms with E-state index >= 15 is 0 Å². The molecular formula is C12H19N3O. The van der Waals surface area contributed by atoms with Crippen LogP contribution in [-0.4, -0.2) is 27.1 Å². The maximum Gasteiger partial charge on any atom is 0.225 e. The van der Waals surface area contributed by atoms with Gasteiger partial charge in [0.15, 0.2) is 0 Å². The Labute approximate surface area is 96.2 Å². The van der Waals surface area contributed by atoms with E-state index < -0.39 is 0 Å². The Bertz CT molecular complexity index is 420. The molecule has 1 aromatic heterocycles.